The second-order valence-electron chi connectivity index (χ2n) is 5.55. The molecule has 1 aromatic carbocycles. The number of nitrogens with zero attached hydrogens (tertiary/aromatic N) is 3. The summed E-state index contributed by atoms with van der Waals surface area (Å²) in [5.74, 6) is -0.316. The summed E-state index contributed by atoms with van der Waals surface area (Å²) < 4.78 is 0. The predicted octanol–water partition coefficient (Wildman–Crippen LogP) is 3.64. The highest BCUT2D eigenvalue weighted by Crippen LogP contribution is 2.27. The van der Waals surface area contributed by atoms with Crippen molar-refractivity contribution in [3.63, 3.8) is 0 Å². The first-order valence-corrected chi connectivity index (χ1v) is 8.75. The average Bonchev–Trinajstić information content (AvgIpc) is 2.63. The number of benzene rings is 1. The van der Waals surface area contributed by atoms with E-state index in [9.17, 15) is 9.59 Å². The monoisotopic (exact) mass is 397 g/mol. The van der Waals surface area contributed by atoms with Crippen LogP contribution in [0.5, 0.6) is 0 Å². The molecule has 1 aliphatic heterocycles. The van der Waals surface area contributed by atoms with E-state index in [-0.39, 0.29) is 22.0 Å². The molecular formula is C17H14Cl3N3O2. The maximum absolute atomic E-state index is 12.6. The van der Waals surface area contributed by atoms with Crippen LogP contribution in [0.3, 0.4) is 0 Å². The molecule has 2 aromatic rings. The zero-order valence-electron chi connectivity index (χ0n) is 13.1. The second-order valence-corrected chi connectivity index (χ2v) is 6.73. The van der Waals surface area contributed by atoms with Gasteiger partial charge in [-0.2, -0.15) is 0 Å². The number of carbonyl (C=O) groups is 2. The van der Waals surface area contributed by atoms with Gasteiger partial charge in [-0.15, -0.1) is 0 Å². The Kier molecular flexibility index (Phi) is 5.47. The number of amides is 2. The maximum Gasteiger partial charge on any atom is 0.255 e. The highest BCUT2D eigenvalue weighted by molar-refractivity contribution is 6.43. The Morgan fingerprint density at radius 3 is 2.20 bits per heavy atom. The van der Waals surface area contributed by atoms with Crippen LogP contribution in [0.15, 0.2) is 36.5 Å². The summed E-state index contributed by atoms with van der Waals surface area (Å²) in [5.41, 5.74) is 0.854. The van der Waals surface area contributed by atoms with Crippen molar-refractivity contribution in [1.29, 1.82) is 0 Å². The van der Waals surface area contributed by atoms with E-state index in [1.807, 2.05) is 0 Å². The molecule has 0 bridgehead atoms. The van der Waals surface area contributed by atoms with Crippen molar-refractivity contribution in [1.82, 2.24) is 14.8 Å². The summed E-state index contributed by atoms with van der Waals surface area (Å²) in [4.78, 5) is 32.3. The first-order valence-electron chi connectivity index (χ1n) is 7.61. The summed E-state index contributed by atoms with van der Waals surface area (Å²) in [6.45, 7) is 1.71. The van der Waals surface area contributed by atoms with E-state index < -0.39 is 0 Å². The SMILES string of the molecule is O=C(c1ccnc(Cl)c1)N1CCN(C(=O)c2cccc(Cl)c2Cl)CC1. The molecule has 0 N–H and O–H groups in total. The molecule has 0 spiro atoms. The highest BCUT2D eigenvalue weighted by atomic mass is 35.5. The van der Waals surface area contributed by atoms with Gasteiger partial charge in [-0.1, -0.05) is 40.9 Å². The van der Waals surface area contributed by atoms with Crippen LogP contribution < -0.4 is 0 Å². The van der Waals surface area contributed by atoms with Crippen LogP contribution in [0.1, 0.15) is 20.7 Å². The third-order valence-electron chi connectivity index (χ3n) is 4.01. The van der Waals surface area contributed by atoms with Crippen molar-refractivity contribution in [3.05, 3.63) is 62.9 Å². The van der Waals surface area contributed by atoms with Crippen molar-refractivity contribution in [2.24, 2.45) is 0 Å². The maximum atomic E-state index is 12.6. The van der Waals surface area contributed by atoms with Crippen LogP contribution in [-0.4, -0.2) is 52.8 Å². The molecule has 1 aliphatic rings. The van der Waals surface area contributed by atoms with Crippen LogP contribution >= 0.6 is 34.8 Å². The number of halogens is 3. The molecule has 1 fully saturated rings. The lowest BCUT2D eigenvalue weighted by Crippen LogP contribution is -2.50. The van der Waals surface area contributed by atoms with Gasteiger partial charge >= 0.3 is 0 Å². The molecule has 25 heavy (non-hydrogen) atoms. The summed E-state index contributed by atoms with van der Waals surface area (Å²) in [7, 11) is 0. The van der Waals surface area contributed by atoms with Crippen molar-refractivity contribution in [2.45, 2.75) is 0 Å². The van der Waals surface area contributed by atoms with Gasteiger partial charge in [-0.3, -0.25) is 9.59 Å². The molecule has 0 unspecified atom stereocenters. The molecule has 3 rings (SSSR count). The number of pyridine rings is 1. The fraction of sp³-hybridized carbons (Fsp3) is 0.235. The molecule has 1 saturated heterocycles. The van der Waals surface area contributed by atoms with E-state index in [4.69, 9.17) is 34.8 Å². The zero-order valence-corrected chi connectivity index (χ0v) is 15.4. The molecule has 1 aromatic heterocycles. The molecular weight excluding hydrogens is 385 g/mol. The Hall–Kier alpha value is -1.82. The Labute approximate surface area is 160 Å². The number of piperazine rings is 1. The minimum Gasteiger partial charge on any atom is -0.335 e. The molecule has 2 amide bonds. The first kappa shape index (κ1) is 18.0. The fourth-order valence-corrected chi connectivity index (χ4v) is 3.23. The lowest BCUT2D eigenvalue weighted by molar-refractivity contribution is 0.0535. The number of carbonyl (C=O) groups excluding carboxylic acids is 2. The Morgan fingerprint density at radius 2 is 1.56 bits per heavy atom. The topological polar surface area (TPSA) is 53.5 Å². The van der Waals surface area contributed by atoms with Crippen molar-refractivity contribution >= 4 is 46.6 Å². The third kappa shape index (κ3) is 3.89. The quantitative estimate of drug-likeness (QED) is 0.726. The molecule has 130 valence electrons. The van der Waals surface area contributed by atoms with Gasteiger partial charge < -0.3 is 9.80 Å². The van der Waals surface area contributed by atoms with Gasteiger partial charge in [-0.25, -0.2) is 4.98 Å². The largest absolute Gasteiger partial charge is 0.335 e. The second kappa shape index (κ2) is 7.60. The van der Waals surface area contributed by atoms with Crippen LogP contribution in [0.4, 0.5) is 0 Å². The number of hydrogen-bond acceptors (Lipinski definition) is 3. The molecule has 0 aliphatic carbocycles. The normalized spacial score (nSPS) is 14.5. The van der Waals surface area contributed by atoms with Crippen molar-refractivity contribution in [2.75, 3.05) is 26.2 Å². The average molecular weight is 399 g/mol. The summed E-state index contributed by atoms with van der Waals surface area (Å²) in [6, 6.07) is 8.13. The van der Waals surface area contributed by atoms with Gasteiger partial charge in [0, 0.05) is 37.9 Å². The third-order valence-corrected chi connectivity index (χ3v) is 5.04. The van der Waals surface area contributed by atoms with E-state index in [2.05, 4.69) is 4.98 Å². The lowest BCUT2D eigenvalue weighted by Gasteiger charge is -2.35. The fourth-order valence-electron chi connectivity index (χ4n) is 2.67. The minimum absolute atomic E-state index is 0.128. The summed E-state index contributed by atoms with van der Waals surface area (Å²) in [6.07, 6.45) is 1.50. The van der Waals surface area contributed by atoms with Crippen molar-refractivity contribution < 1.29 is 9.59 Å². The van der Waals surface area contributed by atoms with E-state index in [1.54, 1.807) is 34.1 Å². The standard InChI is InChI=1S/C17H14Cl3N3O2/c18-13-3-1-2-12(15(13)20)17(25)23-8-6-22(7-9-23)16(24)11-4-5-21-14(19)10-11/h1-5,10H,6-9H2. The van der Waals surface area contributed by atoms with E-state index in [0.29, 0.717) is 42.3 Å². The Morgan fingerprint density at radius 1 is 0.920 bits per heavy atom. The van der Waals surface area contributed by atoms with Gasteiger partial charge in [0.1, 0.15) is 5.15 Å². The van der Waals surface area contributed by atoms with Crippen molar-refractivity contribution in [3.8, 4) is 0 Å². The van der Waals surface area contributed by atoms with Crippen LogP contribution in [0.25, 0.3) is 0 Å². The van der Waals surface area contributed by atoms with Gasteiger partial charge in [0.15, 0.2) is 0 Å². The molecule has 0 saturated carbocycles. The van der Waals surface area contributed by atoms with E-state index in [1.165, 1.54) is 12.3 Å². The van der Waals surface area contributed by atoms with Gasteiger partial charge in [-0.05, 0) is 24.3 Å². The molecule has 5 nitrogen and oxygen atoms in total. The zero-order chi connectivity index (χ0) is 18.0. The Bertz CT molecular complexity index is 821. The number of aromatic nitrogens is 1. The van der Waals surface area contributed by atoms with Gasteiger partial charge in [0.2, 0.25) is 0 Å². The van der Waals surface area contributed by atoms with Crippen LogP contribution in [0.2, 0.25) is 15.2 Å². The number of rotatable bonds is 2. The summed E-state index contributed by atoms with van der Waals surface area (Å²) >= 11 is 17.9. The van der Waals surface area contributed by atoms with Crippen LogP contribution in [-0.2, 0) is 0 Å². The predicted molar refractivity (Wildman–Crippen MR) is 97.5 cm³/mol. The highest BCUT2D eigenvalue weighted by Gasteiger charge is 2.27. The van der Waals surface area contributed by atoms with E-state index >= 15 is 0 Å². The lowest BCUT2D eigenvalue weighted by atomic mass is 10.1. The molecule has 2 heterocycles. The first-order chi connectivity index (χ1) is 12.0. The van der Waals surface area contributed by atoms with E-state index in [0.717, 1.165) is 0 Å². The van der Waals surface area contributed by atoms with Crippen LogP contribution in [0, 0.1) is 0 Å². The number of hydrogen-bond donors (Lipinski definition) is 0. The summed E-state index contributed by atoms with van der Waals surface area (Å²) in [5, 5.41) is 0.866. The minimum atomic E-state index is -0.188. The van der Waals surface area contributed by atoms with Gasteiger partial charge in [0.05, 0.1) is 15.6 Å². The Balaban J connectivity index is 1.66. The molecule has 0 radical (unpaired) electrons. The molecule has 8 heteroatoms. The van der Waals surface area contributed by atoms with Gasteiger partial charge in [0.25, 0.3) is 11.8 Å². The molecule has 0 atom stereocenters. The smallest absolute Gasteiger partial charge is 0.255 e.